The molecule has 1 amide bonds. The molecule has 1 aromatic heterocycles. The Kier molecular flexibility index (Phi) is 6.44. The van der Waals surface area contributed by atoms with Gasteiger partial charge >= 0.3 is 6.09 Å². The Balaban J connectivity index is 1.30. The minimum absolute atomic E-state index is 0.111. The first-order chi connectivity index (χ1) is 16.8. The first kappa shape index (κ1) is 25.6. The number of sulfonamides is 1. The summed E-state index contributed by atoms with van der Waals surface area (Å²) in [6, 6.07) is 4.59. The number of anilines is 1. The molecule has 2 aromatic rings. The lowest BCUT2D eigenvalue weighted by atomic mass is 9.93. The molecule has 2 bridgehead atoms. The first-order valence-electron chi connectivity index (χ1n) is 12.4. The van der Waals surface area contributed by atoms with Gasteiger partial charge in [-0.25, -0.2) is 31.7 Å². The fraction of sp³-hybridized carbons (Fsp3) is 0.667. The third-order valence-corrected chi connectivity index (χ3v) is 9.60. The van der Waals surface area contributed by atoms with Crippen molar-refractivity contribution >= 4 is 42.8 Å². The van der Waals surface area contributed by atoms with E-state index in [1.54, 1.807) is 17.0 Å². The minimum Gasteiger partial charge on any atom is -0.444 e. The maximum absolute atomic E-state index is 13.4. The molecule has 0 radical (unpaired) electrons. The second-order valence-corrected chi connectivity index (χ2v) is 13.8. The third kappa shape index (κ3) is 5.31. The number of ether oxygens (including phenoxy) is 1. The molecule has 3 aliphatic rings. The second-order valence-electron chi connectivity index (χ2n) is 11.1. The highest BCUT2D eigenvalue weighted by Gasteiger charge is 2.43. The van der Waals surface area contributed by atoms with Gasteiger partial charge in [0.25, 0.3) is 0 Å². The number of nitrogens with zero attached hydrogens (tertiary/aromatic N) is 3. The van der Waals surface area contributed by atoms with Crippen LogP contribution in [0.4, 0.5) is 18.7 Å². The second kappa shape index (κ2) is 9.05. The Morgan fingerprint density at radius 3 is 2.39 bits per heavy atom. The lowest BCUT2D eigenvalue weighted by Gasteiger charge is -2.41. The van der Waals surface area contributed by atoms with E-state index in [2.05, 4.69) is 9.62 Å². The van der Waals surface area contributed by atoms with E-state index in [-0.39, 0.29) is 48.8 Å². The number of hydrogen-bond donors (Lipinski definition) is 1. The third-order valence-electron chi connectivity index (χ3n) is 7.05. The van der Waals surface area contributed by atoms with Gasteiger partial charge in [-0.15, -0.1) is 0 Å². The van der Waals surface area contributed by atoms with Crippen molar-refractivity contribution in [1.82, 2.24) is 14.6 Å². The summed E-state index contributed by atoms with van der Waals surface area (Å²) in [5, 5.41) is 0.818. The van der Waals surface area contributed by atoms with Gasteiger partial charge < -0.3 is 14.5 Å². The molecule has 5 rings (SSSR count). The molecule has 0 spiro atoms. The van der Waals surface area contributed by atoms with Gasteiger partial charge in [0.1, 0.15) is 5.60 Å². The average molecular weight is 543 g/mol. The highest BCUT2D eigenvalue weighted by Crippen LogP contribution is 2.40. The molecule has 36 heavy (non-hydrogen) atoms. The molecule has 1 saturated carbocycles. The summed E-state index contributed by atoms with van der Waals surface area (Å²) < 4.78 is 61.7. The van der Waals surface area contributed by atoms with E-state index in [0.717, 1.165) is 22.7 Å². The van der Waals surface area contributed by atoms with Crippen molar-refractivity contribution in [2.24, 2.45) is 0 Å². The number of fused-ring (bicyclic) bond motifs is 3. The van der Waals surface area contributed by atoms with Crippen molar-refractivity contribution < 1.29 is 26.7 Å². The number of hydrogen-bond acceptors (Lipinski definition) is 7. The van der Waals surface area contributed by atoms with Gasteiger partial charge in [0.05, 0.1) is 15.1 Å². The van der Waals surface area contributed by atoms with Crippen molar-refractivity contribution in [2.75, 3.05) is 18.0 Å². The molecule has 3 fully saturated rings. The standard InChI is InChI=1S/C24H32F2N4O4S2/c1-23(2,3)34-22(31)29-13-16-4-5-17(14-29)30(16)21-27-19-7-6-18(12-20(19)35-21)36(32,33)28-15-8-10-24(25,26)11-9-15/h6-7,12,15-17,28H,4-5,8-11,13-14H2,1-3H3. The lowest BCUT2D eigenvalue weighted by molar-refractivity contribution is -0.0387. The number of alkyl halides is 2. The van der Waals surface area contributed by atoms with Gasteiger partial charge in [0.15, 0.2) is 5.13 Å². The average Bonchev–Trinajstić information content (AvgIpc) is 3.30. The Hall–Kier alpha value is -2.05. The zero-order valence-electron chi connectivity index (χ0n) is 20.7. The van der Waals surface area contributed by atoms with E-state index >= 15 is 0 Å². The van der Waals surface area contributed by atoms with Gasteiger partial charge in [-0.3, -0.25) is 0 Å². The highest BCUT2D eigenvalue weighted by atomic mass is 32.2. The van der Waals surface area contributed by atoms with Gasteiger partial charge in [-0.1, -0.05) is 11.3 Å². The summed E-state index contributed by atoms with van der Waals surface area (Å²) in [6.45, 7) is 6.69. The molecule has 1 aromatic carbocycles. The number of benzene rings is 1. The Bertz CT molecular complexity index is 1240. The van der Waals surface area contributed by atoms with Gasteiger partial charge in [0.2, 0.25) is 15.9 Å². The zero-order chi connectivity index (χ0) is 25.9. The van der Waals surface area contributed by atoms with E-state index in [0.29, 0.717) is 18.6 Å². The van der Waals surface area contributed by atoms with E-state index in [1.807, 2.05) is 20.8 Å². The van der Waals surface area contributed by atoms with Crippen LogP contribution in [0.1, 0.15) is 59.3 Å². The van der Waals surface area contributed by atoms with Crippen LogP contribution in [0.5, 0.6) is 0 Å². The molecule has 2 atom stereocenters. The van der Waals surface area contributed by atoms with Crippen LogP contribution in [0.25, 0.3) is 10.2 Å². The molecule has 3 heterocycles. The maximum Gasteiger partial charge on any atom is 0.410 e. The summed E-state index contributed by atoms with van der Waals surface area (Å²) in [6.07, 6.45) is 1.23. The Morgan fingerprint density at radius 2 is 1.78 bits per heavy atom. The van der Waals surface area contributed by atoms with Gasteiger partial charge in [-0.2, -0.15) is 0 Å². The predicted molar refractivity (Wildman–Crippen MR) is 134 cm³/mol. The number of halogens is 2. The fourth-order valence-electron chi connectivity index (χ4n) is 5.31. The fourth-order valence-corrected chi connectivity index (χ4v) is 7.86. The maximum atomic E-state index is 13.4. The molecular weight excluding hydrogens is 510 g/mol. The summed E-state index contributed by atoms with van der Waals surface area (Å²) in [7, 11) is -3.83. The molecule has 1 aliphatic carbocycles. The van der Waals surface area contributed by atoms with E-state index in [9.17, 15) is 22.0 Å². The largest absolute Gasteiger partial charge is 0.444 e. The number of carbonyl (C=O) groups excluding carboxylic acids is 1. The number of likely N-dealkylation sites (tertiary alicyclic amines) is 1. The molecular formula is C24H32F2N4O4S2. The summed E-state index contributed by atoms with van der Waals surface area (Å²) >= 11 is 1.44. The van der Waals surface area contributed by atoms with Crippen LogP contribution in [0.15, 0.2) is 23.1 Å². The van der Waals surface area contributed by atoms with Crippen LogP contribution in [-0.4, -0.2) is 67.1 Å². The van der Waals surface area contributed by atoms with E-state index in [1.165, 1.54) is 17.4 Å². The lowest BCUT2D eigenvalue weighted by Crippen LogP contribution is -2.56. The summed E-state index contributed by atoms with van der Waals surface area (Å²) in [5.74, 6) is -2.71. The smallest absolute Gasteiger partial charge is 0.410 e. The van der Waals surface area contributed by atoms with Gasteiger partial charge in [-0.05, 0) is 64.7 Å². The van der Waals surface area contributed by atoms with E-state index < -0.39 is 27.6 Å². The minimum atomic E-state index is -3.83. The summed E-state index contributed by atoms with van der Waals surface area (Å²) in [4.78, 5) is 21.5. The number of amides is 1. The van der Waals surface area contributed by atoms with Crippen molar-refractivity contribution in [3.63, 3.8) is 0 Å². The highest BCUT2D eigenvalue weighted by molar-refractivity contribution is 7.89. The molecule has 2 aliphatic heterocycles. The topological polar surface area (TPSA) is 91.8 Å². The normalized spacial score (nSPS) is 24.9. The number of aromatic nitrogens is 1. The van der Waals surface area contributed by atoms with Crippen LogP contribution >= 0.6 is 11.3 Å². The number of nitrogens with one attached hydrogen (secondary N) is 1. The van der Waals surface area contributed by atoms with Crippen molar-refractivity contribution in [1.29, 1.82) is 0 Å². The van der Waals surface area contributed by atoms with Crippen LogP contribution in [-0.2, 0) is 14.8 Å². The first-order valence-corrected chi connectivity index (χ1v) is 14.7. The Morgan fingerprint density at radius 1 is 1.14 bits per heavy atom. The summed E-state index contributed by atoms with van der Waals surface area (Å²) in [5.41, 5.74) is 0.162. The van der Waals surface area contributed by atoms with Crippen molar-refractivity contribution in [3.05, 3.63) is 18.2 Å². The number of piperazine rings is 1. The quantitative estimate of drug-likeness (QED) is 0.600. The van der Waals surface area contributed by atoms with Crippen LogP contribution in [0.2, 0.25) is 0 Å². The monoisotopic (exact) mass is 542 g/mol. The zero-order valence-corrected chi connectivity index (χ0v) is 22.3. The molecule has 198 valence electrons. The molecule has 2 unspecified atom stereocenters. The molecule has 2 saturated heterocycles. The van der Waals surface area contributed by atoms with Crippen molar-refractivity contribution in [2.45, 2.75) is 93.8 Å². The molecule has 8 nitrogen and oxygen atoms in total. The number of carbonyl (C=O) groups is 1. The molecule has 1 N–H and O–H groups in total. The Labute approximate surface area is 214 Å². The van der Waals surface area contributed by atoms with Crippen molar-refractivity contribution in [3.8, 4) is 0 Å². The predicted octanol–water partition coefficient (Wildman–Crippen LogP) is 4.74. The van der Waals surface area contributed by atoms with Crippen LogP contribution < -0.4 is 9.62 Å². The van der Waals surface area contributed by atoms with Gasteiger partial charge in [0, 0.05) is 44.1 Å². The van der Waals surface area contributed by atoms with E-state index in [4.69, 9.17) is 9.72 Å². The van der Waals surface area contributed by atoms with Crippen LogP contribution in [0.3, 0.4) is 0 Å². The van der Waals surface area contributed by atoms with Crippen LogP contribution in [0, 0.1) is 0 Å². The molecule has 12 heteroatoms. The number of rotatable bonds is 4. The SMILES string of the molecule is CC(C)(C)OC(=O)N1CC2CCC(C1)N2c1nc2ccc(S(=O)(=O)NC3CCC(F)(F)CC3)cc2s1. The number of thiazole rings is 1.